The topological polar surface area (TPSA) is 73.8 Å². The van der Waals surface area contributed by atoms with Gasteiger partial charge in [-0.25, -0.2) is 4.98 Å². The van der Waals surface area contributed by atoms with Crippen LogP contribution < -0.4 is 0 Å². The van der Waals surface area contributed by atoms with Gasteiger partial charge in [0.2, 0.25) is 0 Å². The number of nitrogens with zero attached hydrogens (tertiary/aromatic N) is 4. The van der Waals surface area contributed by atoms with E-state index in [2.05, 4.69) is 0 Å². The van der Waals surface area contributed by atoms with Crippen LogP contribution in [0.3, 0.4) is 0 Å². The molecule has 0 saturated carbocycles. The van der Waals surface area contributed by atoms with E-state index in [4.69, 9.17) is 4.98 Å². The van der Waals surface area contributed by atoms with E-state index < -0.39 is 10.2 Å². The Morgan fingerprint density at radius 1 is 0.938 bits per heavy atom. The van der Waals surface area contributed by atoms with Gasteiger partial charge in [-0.15, -0.1) is 0 Å². The second-order valence-electron chi connectivity index (χ2n) is 7.72. The zero-order chi connectivity index (χ0) is 22.7. The Labute approximate surface area is 189 Å². The van der Waals surface area contributed by atoms with Gasteiger partial charge in [0, 0.05) is 50.2 Å². The van der Waals surface area contributed by atoms with Crippen LogP contribution in [-0.4, -0.2) is 72.1 Å². The third kappa shape index (κ3) is 4.26. The summed E-state index contributed by atoms with van der Waals surface area (Å²) >= 11 is 0. The first-order valence-corrected chi connectivity index (χ1v) is 12.3. The number of pyridine rings is 1. The molecule has 1 fully saturated rings. The Balaban J connectivity index is 1.61. The van der Waals surface area contributed by atoms with E-state index in [0.29, 0.717) is 44.8 Å². The lowest BCUT2D eigenvalue weighted by atomic mass is 10.0. The molecule has 1 aliphatic rings. The maximum atomic E-state index is 13.5. The molecule has 0 atom stereocenters. The summed E-state index contributed by atoms with van der Waals surface area (Å²) in [7, 11) is -3.50. The number of amides is 1. The van der Waals surface area contributed by atoms with Crippen molar-refractivity contribution in [1.29, 1.82) is 0 Å². The van der Waals surface area contributed by atoms with Crippen LogP contribution in [0.5, 0.6) is 0 Å². The number of carbonyl (C=O) groups is 1. The van der Waals surface area contributed by atoms with E-state index in [0.717, 1.165) is 22.2 Å². The van der Waals surface area contributed by atoms with Crippen molar-refractivity contribution in [3.05, 3.63) is 66.2 Å². The second kappa shape index (κ2) is 9.36. The maximum Gasteiger partial charge on any atom is 0.282 e. The molecular weight excluding hydrogens is 424 g/mol. The molecule has 1 saturated heterocycles. The summed E-state index contributed by atoms with van der Waals surface area (Å²) in [6, 6.07) is 19.3. The molecule has 0 bridgehead atoms. The van der Waals surface area contributed by atoms with Crippen molar-refractivity contribution in [2.24, 2.45) is 0 Å². The molecule has 4 rings (SSSR count). The Morgan fingerprint density at radius 2 is 1.56 bits per heavy atom. The van der Waals surface area contributed by atoms with Gasteiger partial charge >= 0.3 is 0 Å². The fourth-order valence-corrected chi connectivity index (χ4v) is 5.72. The van der Waals surface area contributed by atoms with Crippen LogP contribution in [0.15, 0.2) is 60.7 Å². The quantitative estimate of drug-likeness (QED) is 0.576. The van der Waals surface area contributed by atoms with Gasteiger partial charge in [0.05, 0.1) is 16.8 Å². The molecule has 8 heteroatoms. The van der Waals surface area contributed by atoms with Crippen LogP contribution in [0.2, 0.25) is 0 Å². The Kier molecular flexibility index (Phi) is 6.55. The number of rotatable bonds is 6. The van der Waals surface area contributed by atoms with Gasteiger partial charge in [-0.2, -0.15) is 17.0 Å². The first-order valence-electron chi connectivity index (χ1n) is 11.0. The zero-order valence-electron chi connectivity index (χ0n) is 18.4. The minimum Gasteiger partial charge on any atom is -0.336 e. The van der Waals surface area contributed by atoms with Crippen molar-refractivity contribution in [2.45, 2.75) is 13.8 Å². The van der Waals surface area contributed by atoms with E-state index in [-0.39, 0.29) is 5.91 Å². The van der Waals surface area contributed by atoms with Gasteiger partial charge in [0.25, 0.3) is 16.1 Å². The molecule has 32 heavy (non-hydrogen) atoms. The average Bonchev–Trinajstić information content (AvgIpc) is 2.84. The third-order valence-corrected chi connectivity index (χ3v) is 8.09. The minimum atomic E-state index is -3.50. The summed E-state index contributed by atoms with van der Waals surface area (Å²) in [5.41, 5.74) is 3.05. The van der Waals surface area contributed by atoms with E-state index in [1.807, 2.05) is 74.5 Å². The predicted molar refractivity (Wildman–Crippen MR) is 126 cm³/mol. The van der Waals surface area contributed by atoms with Crippen molar-refractivity contribution in [2.75, 3.05) is 39.3 Å². The van der Waals surface area contributed by atoms with Gasteiger partial charge < -0.3 is 4.90 Å². The summed E-state index contributed by atoms with van der Waals surface area (Å²) in [4.78, 5) is 20.0. The Hall–Kier alpha value is -2.81. The fourth-order valence-electron chi connectivity index (χ4n) is 4.11. The van der Waals surface area contributed by atoms with E-state index in [1.165, 1.54) is 8.61 Å². The highest BCUT2D eigenvalue weighted by atomic mass is 32.2. The van der Waals surface area contributed by atoms with Gasteiger partial charge in [0.15, 0.2) is 0 Å². The highest BCUT2D eigenvalue weighted by Gasteiger charge is 2.32. The van der Waals surface area contributed by atoms with Gasteiger partial charge in [-0.1, -0.05) is 62.4 Å². The molecule has 2 aromatic carbocycles. The molecule has 0 N–H and O–H groups in total. The first kappa shape index (κ1) is 22.4. The number of aromatic nitrogens is 1. The summed E-state index contributed by atoms with van der Waals surface area (Å²) in [6.07, 6.45) is 0. The molecule has 2 heterocycles. The Morgan fingerprint density at radius 3 is 2.22 bits per heavy atom. The molecule has 168 valence electrons. The molecule has 0 aliphatic carbocycles. The lowest BCUT2D eigenvalue weighted by molar-refractivity contribution is 0.0696. The van der Waals surface area contributed by atoms with Crippen molar-refractivity contribution < 1.29 is 13.2 Å². The molecule has 1 aromatic heterocycles. The van der Waals surface area contributed by atoms with Gasteiger partial charge in [-0.05, 0) is 12.1 Å². The molecule has 1 aliphatic heterocycles. The molecule has 3 aromatic rings. The van der Waals surface area contributed by atoms with Crippen molar-refractivity contribution in [1.82, 2.24) is 18.5 Å². The van der Waals surface area contributed by atoms with E-state index in [9.17, 15) is 13.2 Å². The number of para-hydroxylation sites is 1. The lowest BCUT2D eigenvalue weighted by Crippen LogP contribution is -2.54. The SMILES string of the molecule is CCN(CC)S(=O)(=O)N1CCN(C(=O)c2cc(-c3ccccc3)nc3ccccc23)CC1. The second-order valence-corrected chi connectivity index (χ2v) is 9.65. The van der Waals surface area contributed by atoms with Gasteiger partial charge in [-0.3, -0.25) is 4.79 Å². The summed E-state index contributed by atoms with van der Waals surface area (Å²) in [5.74, 6) is -0.0966. The molecule has 7 nitrogen and oxygen atoms in total. The molecular formula is C24H28N4O3S. The van der Waals surface area contributed by atoms with Crippen LogP contribution in [0.1, 0.15) is 24.2 Å². The molecule has 0 spiro atoms. The normalized spacial score (nSPS) is 15.4. The number of hydrogen-bond donors (Lipinski definition) is 0. The van der Waals surface area contributed by atoms with Crippen LogP contribution >= 0.6 is 0 Å². The van der Waals surface area contributed by atoms with Crippen LogP contribution in [0.4, 0.5) is 0 Å². The van der Waals surface area contributed by atoms with Gasteiger partial charge in [0.1, 0.15) is 0 Å². The molecule has 1 amide bonds. The largest absolute Gasteiger partial charge is 0.336 e. The highest BCUT2D eigenvalue weighted by molar-refractivity contribution is 7.86. The lowest BCUT2D eigenvalue weighted by Gasteiger charge is -2.36. The van der Waals surface area contributed by atoms with Crippen molar-refractivity contribution in [3.8, 4) is 11.3 Å². The number of fused-ring (bicyclic) bond motifs is 1. The molecule has 0 unspecified atom stereocenters. The van der Waals surface area contributed by atoms with E-state index >= 15 is 0 Å². The number of carbonyl (C=O) groups excluding carboxylic acids is 1. The maximum absolute atomic E-state index is 13.5. The first-order chi connectivity index (χ1) is 15.5. The van der Waals surface area contributed by atoms with Crippen LogP contribution in [-0.2, 0) is 10.2 Å². The monoisotopic (exact) mass is 452 g/mol. The summed E-state index contributed by atoms with van der Waals surface area (Å²) in [5, 5.41) is 0.801. The number of hydrogen-bond acceptors (Lipinski definition) is 4. The minimum absolute atomic E-state index is 0.0966. The van der Waals surface area contributed by atoms with Crippen LogP contribution in [0.25, 0.3) is 22.2 Å². The average molecular weight is 453 g/mol. The standard InChI is InChI=1S/C24H28N4O3S/c1-3-27(4-2)32(30,31)28-16-14-26(15-17-28)24(29)21-18-23(19-10-6-5-7-11-19)25-22-13-9-8-12-20(21)22/h5-13,18H,3-4,14-17H2,1-2H3. The van der Waals surface area contributed by atoms with Crippen molar-refractivity contribution >= 4 is 27.0 Å². The summed E-state index contributed by atoms with van der Waals surface area (Å²) < 4.78 is 28.5. The Bertz CT molecular complexity index is 1200. The number of benzene rings is 2. The highest BCUT2D eigenvalue weighted by Crippen LogP contribution is 2.26. The summed E-state index contributed by atoms with van der Waals surface area (Å²) in [6.45, 7) is 5.83. The zero-order valence-corrected chi connectivity index (χ0v) is 19.3. The molecule has 0 radical (unpaired) electrons. The fraction of sp³-hybridized carbons (Fsp3) is 0.333. The number of piperazine rings is 1. The third-order valence-electron chi connectivity index (χ3n) is 5.90. The predicted octanol–water partition coefficient (Wildman–Crippen LogP) is 3.25. The van der Waals surface area contributed by atoms with Crippen LogP contribution in [0, 0.1) is 0 Å². The van der Waals surface area contributed by atoms with Crippen molar-refractivity contribution in [3.63, 3.8) is 0 Å². The van der Waals surface area contributed by atoms with E-state index in [1.54, 1.807) is 4.90 Å². The smallest absolute Gasteiger partial charge is 0.282 e.